The molecule has 0 amide bonds. The molecular formula is C6H15ClFNO. The number of aliphatic hydroxyl groups is 1. The maximum atomic E-state index is 11.7. The fourth-order valence-electron chi connectivity index (χ4n) is 0.611. The standard InChI is InChI=1S/C6H15FNO.ClH/c1-8(2,4-3-7)5-6-9;/h9H,3-6H2,1-2H3;1H/q+1;/p-1. The van der Waals surface area contributed by atoms with Crippen LogP contribution < -0.4 is 12.4 Å². The summed E-state index contributed by atoms with van der Waals surface area (Å²) in [4.78, 5) is 0. The molecule has 0 spiro atoms. The van der Waals surface area contributed by atoms with Crippen molar-refractivity contribution in [2.75, 3.05) is 40.5 Å². The van der Waals surface area contributed by atoms with Gasteiger partial charge in [-0.1, -0.05) is 0 Å². The molecule has 0 aliphatic heterocycles. The van der Waals surface area contributed by atoms with Gasteiger partial charge in [0.15, 0.2) is 0 Å². The first-order valence-electron chi connectivity index (χ1n) is 3.11. The average Bonchev–Trinajstić information content (AvgIpc) is 1.64. The van der Waals surface area contributed by atoms with Crippen LogP contribution in [0.3, 0.4) is 0 Å². The third kappa shape index (κ3) is 6.26. The summed E-state index contributed by atoms with van der Waals surface area (Å²) in [5, 5.41) is 8.49. The Morgan fingerprint density at radius 3 is 2.10 bits per heavy atom. The van der Waals surface area contributed by atoms with E-state index in [0.29, 0.717) is 17.6 Å². The van der Waals surface area contributed by atoms with Gasteiger partial charge < -0.3 is 22.0 Å². The summed E-state index contributed by atoms with van der Waals surface area (Å²) in [6, 6.07) is 0. The molecule has 0 bridgehead atoms. The molecule has 10 heavy (non-hydrogen) atoms. The first-order chi connectivity index (χ1) is 4.12. The van der Waals surface area contributed by atoms with Crippen LogP contribution in [0.25, 0.3) is 0 Å². The van der Waals surface area contributed by atoms with Crippen molar-refractivity contribution in [3.05, 3.63) is 0 Å². The van der Waals surface area contributed by atoms with Crippen LogP contribution in [-0.4, -0.2) is 50.1 Å². The average molecular weight is 172 g/mol. The summed E-state index contributed by atoms with van der Waals surface area (Å²) >= 11 is 0. The van der Waals surface area contributed by atoms with Crippen LogP contribution in [0.2, 0.25) is 0 Å². The molecule has 0 unspecified atom stereocenters. The summed E-state index contributed by atoms with van der Waals surface area (Å²) in [6.07, 6.45) is 0. The third-order valence-corrected chi connectivity index (χ3v) is 1.40. The van der Waals surface area contributed by atoms with Crippen molar-refractivity contribution in [2.24, 2.45) is 0 Å². The number of likely N-dealkylation sites (N-methyl/N-ethyl adjacent to an activating group) is 1. The Morgan fingerprint density at radius 2 is 1.80 bits per heavy atom. The van der Waals surface area contributed by atoms with Gasteiger partial charge in [0, 0.05) is 0 Å². The Labute approximate surface area is 67.6 Å². The summed E-state index contributed by atoms with van der Waals surface area (Å²) in [7, 11) is 3.80. The largest absolute Gasteiger partial charge is 1.00 e. The number of hydrogen-bond acceptors (Lipinski definition) is 1. The van der Waals surface area contributed by atoms with Gasteiger partial charge in [-0.2, -0.15) is 0 Å². The van der Waals surface area contributed by atoms with Crippen molar-refractivity contribution in [3.63, 3.8) is 0 Å². The monoisotopic (exact) mass is 171 g/mol. The van der Waals surface area contributed by atoms with Crippen molar-refractivity contribution in [3.8, 4) is 0 Å². The topological polar surface area (TPSA) is 20.2 Å². The number of rotatable bonds is 4. The SMILES string of the molecule is C[N+](C)(CCO)CCF.[Cl-]. The van der Waals surface area contributed by atoms with E-state index in [4.69, 9.17) is 5.11 Å². The number of alkyl halides is 1. The number of halogens is 2. The van der Waals surface area contributed by atoms with Crippen LogP contribution in [0.15, 0.2) is 0 Å². The molecular weight excluding hydrogens is 157 g/mol. The zero-order chi connectivity index (χ0) is 7.33. The predicted molar refractivity (Wildman–Crippen MR) is 34.9 cm³/mol. The number of hydrogen-bond donors (Lipinski definition) is 1. The normalized spacial score (nSPS) is 10.8. The highest BCUT2D eigenvalue weighted by Gasteiger charge is 2.11. The number of quaternary nitrogens is 1. The third-order valence-electron chi connectivity index (χ3n) is 1.40. The molecule has 64 valence electrons. The van der Waals surface area contributed by atoms with Crippen LogP contribution in [0.5, 0.6) is 0 Å². The van der Waals surface area contributed by atoms with E-state index in [2.05, 4.69) is 0 Å². The Morgan fingerprint density at radius 1 is 1.30 bits per heavy atom. The molecule has 0 radical (unpaired) electrons. The molecule has 0 fully saturated rings. The molecule has 2 nitrogen and oxygen atoms in total. The van der Waals surface area contributed by atoms with Gasteiger partial charge in [0.05, 0.1) is 20.7 Å². The van der Waals surface area contributed by atoms with Gasteiger partial charge in [-0.15, -0.1) is 0 Å². The minimum atomic E-state index is -0.312. The highest BCUT2D eigenvalue weighted by atomic mass is 35.5. The minimum absolute atomic E-state index is 0. The Bertz CT molecular complexity index is 72.1. The first kappa shape index (κ1) is 12.8. The molecule has 0 aliphatic rings. The lowest BCUT2D eigenvalue weighted by atomic mass is 10.4. The molecule has 0 rings (SSSR count). The second kappa shape index (κ2) is 5.89. The van der Waals surface area contributed by atoms with Gasteiger partial charge in [0.25, 0.3) is 0 Å². The Balaban J connectivity index is 0. The summed E-state index contributed by atoms with van der Waals surface area (Å²) < 4.78 is 12.3. The summed E-state index contributed by atoms with van der Waals surface area (Å²) in [5.74, 6) is 0. The second-order valence-corrected chi connectivity index (χ2v) is 2.80. The summed E-state index contributed by atoms with van der Waals surface area (Å²) in [6.45, 7) is 0.935. The van der Waals surface area contributed by atoms with E-state index in [9.17, 15) is 4.39 Å². The van der Waals surface area contributed by atoms with E-state index >= 15 is 0 Å². The molecule has 0 atom stereocenters. The van der Waals surface area contributed by atoms with Crippen molar-refractivity contribution < 1.29 is 26.4 Å². The lowest BCUT2D eigenvalue weighted by Crippen LogP contribution is -3.00. The second-order valence-electron chi connectivity index (χ2n) is 2.80. The fraction of sp³-hybridized carbons (Fsp3) is 1.00. The van der Waals surface area contributed by atoms with E-state index < -0.39 is 0 Å². The van der Waals surface area contributed by atoms with Gasteiger partial charge in [0.2, 0.25) is 0 Å². The highest BCUT2D eigenvalue weighted by Crippen LogP contribution is 1.94. The Hall–Kier alpha value is 0.140. The first-order valence-corrected chi connectivity index (χ1v) is 3.11. The van der Waals surface area contributed by atoms with Crippen LogP contribution in [0.4, 0.5) is 4.39 Å². The van der Waals surface area contributed by atoms with Crippen LogP contribution in [0.1, 0.15) is 0 Å². The van der Waals surface area contributed by atoms with Gasteiger partial charge in [-0.25, -0.2) is 4.39 Å². The smallest absolute Gasteiger partial charge is 0.138 e. The predicted octanol–water partition coefficient (Wildman–Crippen LogP) is -2.97. The fourth-order valence-corrected chi connectivity index (χ4v) is 0.611. The van der Waals surface area contributed by atoms with Crippen LogP contribution in [0, 0.1) is 0 Å². The Kier molecular flexibility index (Phi) is 7.53. The highest BCUT2D eigenvalue weighted by molar-refractivity contribution is 4.30. The van der Waals surface area contributed by atoms with Gasteiger partial charge in [-0.05, 0) is 0 Å². The van der Waals surface area contributed by atoms with Gasteiger partial charge in [0.1, 0.15) is 19.8 Å². The zero-order valence-electron chi connectivity index (χ0n) is 6.48. The molecule has 0 heterocycles. The lowest BCUT2D eigenvalue weighted by Gasteiger charge is -2.27. The van der Waals surface area contributed by atoms with Crippen molar-refractivity contribution >= 4 is 0 Å². The molecule has 0 aromatic carbocycles. The quantitative estimate of drug-likeness (QED) is 0.448. The number of aliphatic hydroxyl groups excluding tert-OH is 1. The maximum Gasteiger partial charge on any atom is 0.138 e. The van der Waals surface area contributed by atoms with Gasteiger partial charge in [-0.3, -0.25) is 0 Å². The molecule has 0 saturated heterocycles. The van der Waals surface area contributed by atoms with Gasteiger partial charge >= 0.3 is 0 Å². The van der Waals surface area contributed by atoms with Crippen molar-refractivity contribution in [1.82, 2.24) is 0 Å². The molecule has 0 aromatic rings. The zero-order valence-corrected chi connectivity index (χ0v) is 7.23. The van der Waals surface area contributed by atoms with E-state index in [-0.39, 0.29) is 25.7 Å². The molecule has 4 heteroatoms. The molecule has 0 saturated carbocycles. The van der Waals surface area contributed by atoms with E-state index in [1.165, 1.54) is 0 Å². The van der Waals surface area contributed by atoms with Crippen LogP contribution in [-0.2, 0) is 0 Å². The van der Waals surface area contributed by atoms with E-state index in [1.54, 1.807) is 0 Å². The maximum absolute atomic E-state index is 11.7. The van der Waals surface area contributed by atoms with Crippen LogP contribution >= 0.6 is 0 Å². The minimum Gasteiger partial charge on any atom is -1.00 e. The summed E-state index contributed by atoms with van der Waals surface area (Å²) in [5.41, 5.74) is 0. The molecule has 0 aromatic heterocycles. The molecule has 0 aliphatic carbocycles. The molecule has 1 N–H and O–H groups in total. The lowest BCUT2D eigenvalue weighted by molar-refractivity contribution is -0.890. The van der Waals surface area contributed by atoms with Crippen molar-refractivity contribution in [2.45, 2.75) is 0 Å². The van der Waals surface area contributed by atoms with Crippen molar-refractivity contribution in [1.29, 1.82) is 0 Å². The number of nitrogens with zero attached hydrogens (tertiary/aromatic N) is 1. The van der Waals surface area contributed by atoms with E-state index in [1.807, 2.05) is 14.1 Å². The van der Waals surface area contributed by atoms with E-state index in [0.717, 1.165) is 0 Å².